The molecule has 0 saturated heterocycles. The normalized spacial score (nSPS) is 12.0. The molecule has 0 radical (unpaired) electrons. The number of ether oxygens (including phenoxy) is 2. The second-order valence-electron chi connectivity index (χ2n) is 3.81. The van der Waals surface area contributed by atoms with Crippen molar-refractivity contribution >= 4 is 40.1 Å². The number of nitrogens with one attached hydrogen (secondary N) is 1. The van der Waals surface area contributed by atoms with Crippen LogP contribution in [0.5, 0.6) is 0 Å². The Balaban J connectivity index is 2.40. The van der Waals surface area contributed by atoms with Crippen LogP contribution in [0.15, 0.2) is 4.34 Å². The van der Waals surface area contributed by atoms with Crippen LogP contribution in [0.1, 0.15) is 13.3 Å². The summed E-state index contributed by atoms with van der Waals surface area (Å²) in [5, 5.41) is 10.7. The highest BCUT2D eigenvalue weighted by Gasteiger charge is 2.14. The molecule has 0 aliphatic heterocycles. The number of aromatic nitrogens is 2. The van der Waals surface area contributed by atoms with Crippen molar-refractivity contribution in [2.24, 2.45) is 5.73 Å². The molecule has 0 aromatic carbocycles. The van der Waals surface area contributed by atoms with E-state index in [1.165, 1.54) is 30.2 Å². The van der Waals surface area contributed by atoms with Crippen LogP contribution in [0.25, 0.3) is 0 Å². The van der Waals surface area contributed by atoms with Crippen LogP contribution < -0.4 is 11.1 Å². The molecule has 3 N–H and O–H groups in total. The van der Waals surface area contributed by atoms with E-state index in [0.29, 0.717) is 16.1 Å². The van der Waals surface area contributed by atoms with Crippen molar-refractivity contribution in [1.82, 2.24) is 10.2 Å². The van der Waals surface area contributed by atoms with Crippen molar-refractivity contribution < 1.29 is 19.1 Å². The van der Waals surface area contributed by atoms with Crippen molar-refractivity contribution in [2.45, 2.75) is 23.8 Å². The SMILES string of the molecule is CCOC(=O)CSc1nnc(NC(=O)CC(CN)OC)s1. The molecule has 21 heavy (non-hydrogen) atoms. The molecular weight excluding hydrogens is 316 g/mol. The number of hydrogen-bond acceptors (Lipinski definition) is 9. The highest BCUT2D eigenvalue weighted by molar-refractivity contribution is 8.01. The average molecular weight is 334 g/mol. The Morgan fingerprint density at radius 2 is 2.24 bits per heavy atom. The number of amides is 1. The van der Waals surface area contributed by atoms with Gasteiger partial charge in [0.2, 0.25) is 11.0 Å². The molecule has 118 valence electrons. The molecule has 1 aromatic heterocycles. The van der Waals surface area contributed by atoms with Gasteiger partial charge in [0.15, 0.2) is 4.34 Å². The second kappa shape index (κ2) is 9.66. The first-order chi connectivity index (χ1) is 10.1. The summed E-state index contributed by atoms with van der Waals surface area (Å²) in [6.45, 7) is 2.36. The molecule has 1 heterocycles. The topological polar surface area (TPSA) is 116 Å². The van der Waals surface area contributed by atoms with Gasteiger partial charge in [0.25, 0.3) is 0 Å². The number of nitrogens with two attached hydrogens (primary N) is 1. The molecule has 1 amide bonds. The predicted molar refractivity (Wildman–Crippen MR) is 80.4 cm³/mol. The van der Waals surface area contributed by atoms with Crippen LogP contribution in [-0.2, 0) is 19.1 Å². The lowest BCUT2D eigenvalue weighted by Gasteiger charge is -2.11. The number of rotatable bonds is 9. The van der Waals surface area contributed by atoms with E-state index in [-0.39, 0.29) is 36.7 Å². The highest BCUT2D eigenvalue weighted by Crippen LogP contribution is 2.25. The molecule has 1 rings (SSSR count). The van der Waals surface area contributed by atoms with Crippen molar-refractivity contribution in [3.05, 3.63) is 0 Å². The summed E-state index contributed by atoms with van der Waals surface area (Å²) in [6.07, 6.45) is -0.173. The Hall–Kier alpha value is -1.23. The third-order valence-corrected chi connectivity index (χ3v) is 4.23. The fraction of sp³-hybridized carbons (Fsp3) is 0.636. The van der Waals surface area contributed by atoms with E-state index in [1.54, 1.807) is 6.92 Å². The minimum Gasteiger partial charge on any atom is -0.465 e. The Labute approximate surface area is 130 Å². The van der Waals surface area contributed by atoms with Gasteiger partial charge in [0.1, 0.15) is 0 Å². The summed E-state index contributed by atoms with van der Waals surface area (Å²) in [6, 6.07) is 0. The monoisotopic (exact) mass is 334 g/mol. The van der Waals surface area contributed by atoms with Crippen LogP contribution >= 0.6 is 23.1 Å². The van der Waals surface area contributed by atoms with Crippen LogP contribution in [0.3, 0.4) is 0 Å². The molecule has 0 saturated carbocycles. The van der Waals surface area contributed by atoms with Crippen LogP contribution in [0.2, 0.25) is 0 Å². The van der Waals surface area contributed by atoms with E-state index >= 15 is 0 Å². The largest absolute Gasteiger partial charge is 0.465 e. The van der Waals surface area contributed by atoms with E-state index in [0.717, 1.165) is 0 Å². The minimum atomic E-state index is -0.324. The number of methoxy groups -OCH3 is 1. The predicted octanol–water partition coefficient (Wildman–Crippen LogP) is 0.496. The van der Waals surface area contributed by atoms with Crippen LogP contribution in [-0.4, -0.2) is 54.2 Å². The summed E-state index contributed by atoms with van der Waals surface area (Å²) in [7, 11) is 1.50. The van der Waals surface area contributed by atoms with Gasteiger partial charge in [-0.25, -0.2) is 0 Å². The number of thioether (sulfide) groups is 1. The number of carbonyl (C=O) groups is 2. The fourth-order valence-corrected chi connectivity index (χ4v) is 2.85. The van der Waals surface area contributed by atoms with Gasteiger partial charge in [0, 0.05) is 13.7 Å². The zero-order valence-corrected chi connectivity index (χ0v) is 13.5. The van der Waals surface area contributed by atoms with E-state index < -0.39 is 0 Å². The highest BCUT2D eigenvalue weighted by atomic mass is 32.2. The summed E-state index contributed by atoms with van der Waals surface area (Å²) >= 11 is 2.41. The maximum atomic E-state index is 11.7. The number of carbonyl (C=O) groups excluding carboxylic acids is 2. The lowest BCUT2D eigenvalue weighted by molar-refractivity contribution is -0.139. The first-order valence-electron chi connectivity index (χ1n) is 6.23. The summed E-state index contributed by atoms with van der Waals surface area (Å²) in [4.78, 5) is 22.9. The molecule has 1 atom stereocenters. The zero-order chi connectivity index (χ0) is 15.7. The first kappa shape index (κ1) is 17.8. The number of hydrogen-bond donors (Lipinski definition) is 2. The van der Waals surface area contributed by atoms with Gasteiger partial charge >= 0.3 is 5.97 Å². The second-order valence-corrected chi connectivity index (χ2v) is 6.01. The Morgan fingerprint density at radius 1 is 1.48 bits per heavy atom. The lowest BCUT2D eigenvalue weighted by Crippen LogP contribution is -2.28. The van der Waals surface area contributed by atoms with Gasteiger partial charge in [-0.3, -0.25) is 9.59 Å². The molecule has 1 unspecified atom stereocenters. The molecule has 0 fully saturated rings. The Bertz CT molecular complexity index is 465. The van der Waals surface area contributed by atoms with Crippen molar-refractivity contribution in [3.63, 3.8) is 0 Å². The molecule has 10 heteroatoms. The Morgan fingerprint density at radius 3 is 2.86 bits per heavy atom. The molecule has 1 aromatic rings. The average Bonchev–Trinajstić information content (AvgIpc) is 2.90. The maximum absolute atomic E-state index is 11.7. The number of nitrogens with zero attached hydrogens (tertiary/aromatic N) is 2. The van der Waals surface area contributed by atoms with Crippen LogP contribution in [0.4, 0.5) is 5.13 Å². The third-order valence-electron chi connectivity index (χ3n) is 2.28. The lowest BCUT2D eigenvalue weighted by atomic mass is 10.2. The quantitative estimate of drug-likeness (QED) is 0.381. The van der Waals surface area contributed by atoms with Crippen LogP contribution in [0, 0.1) is 0 Å². The molecular formula is C11H18N4O4S2. The van der Waals surface area contributed by atoms with Crippen molar-refractivity contribution in [2.75, 3.05) is 31.3 Å². The molecule has 0 bridgehead atoms. The van der Waals surface area contributed by atoms with E-state index in [9.17, 15) is 9.59 Å². The van der Waals surface area contributed by atoms with E-state index in [1.807, 2.05) is 0 Å². The van der Waals surface area contributed by atoms with E-state index in [2.05, 4.69) is 15.5 Å². The van der Waals surface area contributed by atoms with Gasteiger partial charge in [-0.15, -0.1) is 10.2 Å². The smallest absolute Gasteiger partial charge is 0.316 e. The van der Waals surface area contributed by atoms with Gasteiger partial charge in [0.05, 0.1) is 24.9 Å². The minimum absolute atomic E-state index is 0.151. The zero-order valence-electron chi connectivity index (χ0n) is 11.8. The summed E-state index contributed by atoms with van der Waals surface area (Å²) < 4.78 is 10.4. The van der Waals surface area contributed by atoms with Crippen molar-refractivity contribution in [1.29, 1.82) is 0 Å². The third kappa shape index (κ3) is 6.85. The molecule has 0 spiro atoms. The van der Waals surface area contributed by atoms with Gasteiger partial charge in [-0.2, -0.15) is 0 Å². The molecule has 0 aliphatic rings. The number of anilines is 1. The maximum Gasteiger partial charge on any atom is 0.316 e. The van der Waals surface area contributed by atoms with Crippen molar-refractivity contribution in [3.8, 4) is 0 Å². The van der Waals surface area contributed by atoms with Gasteiger partial charge < -0.3 is 20.5 Å². The Kier molecular flexibility index (Phi) is 8.20. The summed E-state index contributed by atoms with van der Waals surface area (Å²) in [5.74, 6) is -0.394. The number of esters is 1. The van der Waals surface area contributed by atoms with E-state index in [4.69, 9.17) is 15.2 Å². The fourth-order valence-electron chi connectivity index (χ4n) is 1.28. The first-order valence-corrected chi connectivity index (χ1v) is 8.03. The van der Waals surface area contributed by atoms with Gasteiger partial charge in [-0.1, -0.05) is 23.1 Å². The summed E-state index contributed by atoms with van der Waals surface area (Å²) in [5.41, 5.74) is 5.44. The molecule has 0 aliphatic carbocycles. The molecule has 8 nitrogen and oxygen atoms in total. The standard InChI is InChI=1S/C11H18N4O4S2/c1-3-19-9(17)6-20-11-15-14-10(21-11)13-8(16)4-7(5-12)18-2/h7H,3-6,12H2,1-2H3,(H,13,14,16). The van der Waals surface area contributed by atoms with Gasteiger partial charge in [-0.05, 0) is 6.92 Å².